The summed E-state index contributed by atoms with van der Waals surface area (Å²) in [4.78, 5) is 14.3. The standard InChI is InChI=1S/C24H30N2O7S/c1-5-6-18-7-9-20(22(15-18)32-4)33-17-24(27)25-11-13-26(14-12-25)34(28,29)23-16-19(30-2)8-10-21(23)31-3/h5-10,15-16H,11-14,17H2,1-4H3/b6-5-. The lowest BCUT2D eigenvalue weighted by molar-refractivity contribution is -0.134. The highest BCUT2D eigenvalue weighted by Gasteiger charge is 2.32. The van der Waals surface area contributed by atoms with Gasteiger partial charge >= 0.3 is 0 Å². The number of hydrogen-bond acceptors (Lipinski definition) is 7. The molecule has 0 aromatic heterocycles. The van der Waals surface area contributed by atoms with Crippen LogP contribution in [0.3, 0.4) is 0 Å². The Labute approximate surface area is 200 Å². The van der Waals surface area contributed by atoms with Gasteiger partial charge in [-0.25, -0.2) is 8.42 Å². The number of piperazine rings is 1. The van der Waals surface area contributed by atoms with Crippen molar-refractivity contribution in [2.24, 2.45) is 0 Å². The maximum Gasteiger partial charge on any atom is 0.260 e. The summed E-state index contributed by atoms with van der Waals surface area (Å²) in [5.74, 6) is 1.43. The molecule has 1 aliphatic heterocycles. The van der Waals surface area contributed by atoms with E-state index in [0.29, 0.717) is 17.2 Å². The average Bonchev–Trinajstić information content (AvgIpc) is 2.87. The highest BCUT2D eigenvalue weighted by molar-refractivity contribution is 7.89. The molecule has 0 radical (unpaired) electrons. The number of carbonyl (C=O) groups is 1. The second kappa shape index (κ2) is 11.3. The van der Waals surface area contributed by atoms with Gasteiger partial charge in [-0.2, -0.15) is 4.31 Å². The highest BCUT2D eigenvalue weighted by atomic mass is 32.2. The van der Waals surface area contributed by atoms with Crippen molar-refractivity contribution in [3.8, 4) is 23.0 Å². The Morgan fingerprint density at radius 3 is 2.21 bits per heavy atom. The van der Waals surface area contributed by atoms with Crippen LogP contribution in [0.4, 0.5) is 0 Å². The number of sulfonamides is 1. The molecule has 10 heteroatoms. The molecular weight excluding hydrogens is 460 g/mol. The molecule has 0 bridgehead atoms. The molecule has 0 N–H and O–H groups in total. The van der Waals surface area contributed by atoms with Crippen molar-refractivity contribution in [1.82, 2.24) is 9.21 Å². The first kappa shape index (κ1) is 25.4. The van der Waals surface area contributed by atoms with Gasteiger partial charge in [-0.15, -0.1) is 0 Å². The molecule has 1 fully saturated rings. The van der Waals surface area contributed by atoms with E-state index in [2.05, 4.69) is 0 Å². The number of ether oxygens (including phenoxy) is 4. The van der Waals surface area contributed by atoms with Crippen LogP contribution in [0.25, 0.3) is 6.08 Å². The Morgan fingerprint density at radius 1 is 0.912 bits per heavy atom. The molecule has 0 spiro atoms. The zero-order valence-electron chi connectivity index (χ0n) is 19.8. The van der Waals surface area contributed by atoms with Gasteiger partial charge in [0.1, 0.15) is 16.4 Å². The molecule has 3 rings (SSSR count). The fourth-order valence-corrected chi connectivity index (χ4v) is 5.23. The zero-order valence-corrected chi connectivity index (χ0v) is 20.6. The van der Waals surface area contributed by atoms with Crippen LogP contribution in [0.15, 0.2) is 47.4 Å². The van der Waals surface area contributed by atoms with Crippen molar-refractivity contribution in [2.75, 3.05) is 54.1 Å². The summed E-state index contributed by atoms with van der Waals surface area (Å²) >= 11 is 0. The third kappa shape index (κ3) is 5.63. The molecular formula is C24H30N2O7S. The summed E-state index contributed by atoms with van der Waals surface area (Å²) in [7, 11) is 0.606. The number of nitrogens with zero attached hydrogens (tertiary/aromatic N) is 2. The lowest BCUT2D eigenvalue weighted by Crippen LogP contribution is -2.51. The molecule has 1 heterocycles. The summed E-state index contributed by atoms with van der Waals surface area (Å²) in [5.41, 5.74) is 0.961. The minimum absolute atomic E-state index is 0.0333. The molecule has 0 atom stereocenters. The molecule has 0 aliphatic carbocycles. The van der Waals surface area contributed by atoms with E-state index in [9.17, 15) is 13.2 Å². The van der Waals surface area contributed by atoms with Crippen molar-refractivity contribution in [3.05, 3.63) is 48.0 Å². The van der Waals surface area contributed by atoms with Crippen LogP contribution in [0, 0.1) is 0 Å². The van der Waals surface area contributed by atoms with Gasteiger partial charge in [0, 0.05) is 32.2 Å². The van der Waals surface area contributed by atoms with Crippen molar-refractivity contribution < 1.29 is 32.2 Å². The Hall–Kier alpha value is -3.24. The SMILES string of the molecule is C/C=C\c1ccc(OCC(=O)N2CCN(S(=O)(=O)c3cc(OC)ccc3OC)CC2)c(OC)c1. The van der Waals surface area contributed by atoms with E-state index in [1.165, 1.54) is 24.6 Å². The number of rotatable bonds is 9. The van der Waals surface area contributed by atoms with E-state index in [4.69, 9.17) is 18.9 Å². The summed E-state index contributed by atoms with van der Waals surface area (Å²) in [6.07, 6.45) is 3.86. The number of hydrogen-bond donors (Lipinski definition) is 0. The van der Waals surface area contributed by atoms with Gasteiger partial charge in [-0.1, -0.05) is 18.2 Å². The van der Waals surface area contributed by atoms with Gasteiger partial charge in [-0.3, -0.25) is 4.79 Å². The van der Waals surface area contributed by atoms with Crippen LogP contribution in [0.1, 0.15) is 12.5 Å². The third-order valence-corrected chi connectivity index (χ3v) is 7.40. The lowest BCUT2D eigenvalue weighted by Gasteiger charge is -2.34. The van der Waals surface area contributed by atoms with Crippen LogP contribution < -0.4 is 18.9 Å². The number of allylic oxidation sites excluding steroid dienone is 1. The molecule has 2 aromatic carbocycles. The predicted molar refractivity (Wildman–Crippen MR) is 128 cm³/mol. The van der Waals surface area contributed by atoms with Crippen molar-refractivity contribution in [3.63, 3.8) is 0 Å². The van der Waals surface area contributed by atoms with E-state index < -0.39 is 10.0 Å². The maximum atomic E-state index is 13.2. The fourth-order valence-electron chi connectivity index (χ4n) is 3.63. The summed E-state index contributed by atoms with van der Waals surface area (Å²) in [5, 5.41) is 0. The van der Waals surface area contributed by atoms with Crippen molar-refractivity contribution >= 4 is 22.0 Å². The normalized spacial score (nSPS) is 14.8. The van der Waals surface area contributed by atoms with Gasteiger partial charge in [0.05, 0.1) is 21.3 Å². The van der Waals surface area contributed by atoms with Gasteiger partial charge in [0.15, 0.2) is 18.1 Å². The number of methoxy groups -OCH3 is 3. The first-order valence-electron chi connectivity index (χ1n) is 10.8. The quantitative estimate of drug-likeness (QED) is 0.533. The Kier molecular flexibility index (Phi) is 8.41. The molecule has 1 aliphatic rings. The molecule has 1 amide bonds. The molecule has 0 saturated carbocycles. The van der Waals surface area contributed by atoms with Gasteiger partial charge in [0.2, 0.25) is 10.0 Å². The van der Waals surface area contributed by atoms with E-state index >= 15 is 0 Å². The molecule has 9 nitrogen and oxygen atoms in total. The Morgan fingerprint density at radius 2 is 1.59 bits per heavy atom. The number of amides is 1. The van der Waals surface area contributed by atoms with Gasteiger partial charge in [-0.05, 0) is 36.8 Å². The maximum absolute atomic E-state index is 13.2. The van der Waals surface area contributed by atoms with E-state index in [1.54, 1.807) is 30.2 Å². The van der Waals surface area contributed by atoms with Crippen LogP contribution in [0.2, 0.25) is 0 Å². The van der Waals surface area contributed by atoms with Crippen LogP contribution >= 0.6 is 0 Å². The van der Waals surface area contributed by atoms with Crippen molar-refractivity contribution in [2.45, 2.75) is 11.8 Å². The number of carbonyl (C=O) groups excluding carboxylic acids is 1. The minimum atomic E-state index is -3.82. The summed E-state index contributed by atoms with van der Waals surface area (Å²) < 4.78 is 49.2. The number of benzene rings is 2. The second-order valence-corrected chi connectivity index (χ2v) is 9.41. The van der Waals surface area contributed by atoms with E-state index in [-0.39, 0.29) is 49.3 Å². The topological polar surface area (TPSA) is 94.6 Å². The largest absolute Gasteiger partial charge is 0.497 e. The van der Waals surface area contributed by atoms with E-state index in [0.717, 1.165) is 5.56 Å². The first-order chi connectivity index (χ1) is 16.3. The molecule has 0 unspecified atom stereocenters. The van der Waals surface area contributed by atoms with Gasteiger partial charge in [0.25, 0.3) is 5.91 Å². The van der Waals surface area contributed by atoms with Crippen LogP contribution in [-0.2, 0) is 14.8 Å². The molecule has 2 aromatic rings. The molecule has 1 saturated heterocycles. The Balaban J connectivity index is 1.62. The molecule has 34 heavy (non-hydrogen) atoms. The average molecular weight is 491 g/mol. The highest BCUT2D eigenvalue weighted by Crippen LogP contribution is 2.31. The van der Waals surface area contributed by atoms with E-state index in [1.807, 2.05) is 31.2 Å². The zero-order chi connectivity index (χ0) is 24.7. The predicted octanol–water partition coefficient (Wildman–Crippen LogP) is 2.66. The fraction of sp³-hybridized carbons (Fsp3) is 0.375. The first-order valence-corrected chi connectivity index (χ1v) is 12.2. The molecule has 184 valence electrons. The smallest absolute Gasteiger partial charge is 0.260 e. The van der Waals surface area contributed by atoms with Crippen LogP contribution in [0.5, 0.6) is 23.0 Å². The Bertz CT molecular complexity index is 1140. The minimum Gasteiger partial charge on any atom is -0.497 e. The van der Waals surface area contributed by atoms with Crippen LogP contribution in [-0.4, -0.2) is 77.6 Å². The second-order valence-electron chi connectivity index (χ2n) is 7.50. The van der Waals surface area contributed by atoms with Crippen molar-refractivity contribution in [1.29, 1.82) is 0 Å². The third-order valence-electron chi connectivity index (χ3n) is 5.48. The monoisotopic (exact) mass is 490 g/mol. The summed E-state index contributed by atoms with van der Waals surface area (Å²) in [6, 6.07) is 10.1. The lowest BCUT2D eigenvalue weighted by atomic mass is 10.2. The summed E-state index contributed by atoms with van der Waals surface area (Å²) in [6.45, 7) is 2.59. The van der Waals surface area contributed by atoms with Gasteiger partial charge < -0.3 is 23.8 Å².